The van der Waals surface area contributed by atoms with Gasteiger partial charge in [0.1, 0.15) is 5.75 Å². The van der Waals surface area contributed by atoms with Crippen LogP contribution >= 0.6 is 0 Å². The predicted molar refractivity (Wildman–Crippen MR) is 103 cm³/mol. The maximum Gasteiger partial charge on any atom is 0.165 e. The maximum atomic E-state index is 5.56. The third-order valence-corrected chi connectivity index (χ3v) is 4.91. The summed E-state index contributed by atoms with van der Waals surface area (Å²) in [6.07, 6.45) is 0. The van der Waals surface area contributed by atoms with Crippen molar-refractivity contribution in [3.05, 3.63) is 53.6 Å². The number of para-hydroxylation sites is 1. The van der Waals surface area contributed by atoms with Crippen LogP contribution in [0.2, 0.25) is 0 Å². The van der Waals surface area contributed by atoms with Crippen LogP contribution in [0.25, 0.3) is 0 Å². The molecule has 3 rings (SSSR count). The lowest BCUT2D eigenvalue weighted by Gasteiger charge is -2.35. The van der Waals surface area contributed by atoms with Crippen molar-refractivity contribution >= 4 is 0 Å². The molecule has 1 heterocycles. The van der Waals surface area contributed by atoms with Crippen LogP contribution in [0.1, 0.15) is 11.1 Å². The minimum atomic E-state index is 0.795. The van der Waals surface area contributed by atoms with Gasteiger partial charge in [0.05, 0.1) is 21.3 Å². The van der Waals surface area contributed by atoms with Gasteiger partial charge in [-0.05, 0) is 23.8 Å². The summed E-state index contributed by atoms with van der Waals surface area (Å²) in [7, 11) is 5.08. The Bertz CT molecular complexity index is 695. The molecule has 0 atom stereocenters. The Morgan fingerprint density at radius 2 is 1.38 bits per heavy atom. The Kier molecular flexibility index (Phi) is 6.36. The molecular weight excluding hydrogens is 328 g/mol. The normalized spacial score (nSPS) is 15.7. The van der Waals surface area contributed by atoms with Crippen LogP contribution in [-0.4, -0.2) is 57.3 Å². The molecule has 0 saturated carbocycles. The van der Waals surface area contributed by atoms with Crippen molar-refractivity contribution in [2.45, 2.75) is 13.1 Å². The summed E-state index contributed by atoms with van der Waals surface area (Å²) in [5.74, 6) is 2.55. The molecule has 0 N–H and O–H groups in total. The van der Waals surface area contributed by atoms with Gasteiger partial charge in [-0.1, -0.05) is 24.3 Å². The first-order chi connectivity index (χ1) is 12.7. The number of methoxy groups -OCH3 is 3. The van der Waals surface area contributed by atoms with Gasteiger partial charge in [-0.3, -0.25) is 9.80 Å². The highest BCUT2D eigenvalue weighted by Gasteiger charge is 2.19. The van der Waals surface area contributed by atoms with Crippen molar-refractivity contribution in [3.63, 3.8) is 0 Å². The van der Waals surface area contributed by atoms with Crippen LogP contribution in [0.15, 0.2) is 42.5 Å². The van der Waals surface area contributed by atoms with Gasteiger partial charge in [-0.15, -0.1) is 0 Å². The largest absolute Gasteiger partial charge is 0.497 e. The van der Waals surface area contributed by atoms with Gasteiger partial charge < -0.3 is 14.2 Å². The Balaban J connectivity index is 1.54. The number of rotatable bonds is 7. The lowest BCUT2D eigenvalue weighted by molar-refractivity contribution is 0.121. The molecule has 1 saturated heterocycles. The number of hydrogen-bond donors (Lipinski definition) is 0. The van der Waals surface area contributed by atoms with E-state index in [1.54, 1.807) is 21.3 Å². The van der Waals surface area contributed by atoms with Gasteiger partial charge in [0, 0.05) is 44.8 Å². The maximum absolute atomic E-state index is 5.56. The quantitative estimate of drug-likeness (QED) is 0.762. The Morgan fingerprint density at radius 3 is 1.96 bits per heavy atom. The minimum Gasteiger partial charge on any atom is -0.497 e. The summed E-state index contributed by atoms with van der Waals surface area (Å²) in [5, 5.41) is 0. The lowest BCUT2D eigenvalue weighted by atomic mass is 10.1. The van der Waals surface area contributed by atoms with E-state index in [-0.39, 0.29) is 0 Å². The summed E-state index contributed by atoms with van der Waals surface area (Å²) >= 11 is 0. The summed E-state index contributed by atoms with van der Waals surface area (Å²) in [6.45, 7) is 6.11. The number of nitrogens with zero attached hydrogens (tertiary/aromatic N) is 2. The highest BCUT2D eigenvalue weighted by molar-refractivity contribution is 5.46. The first-order valence-corrected chi connectivity index (χ1v) is 9.01. The average molecular weight is 356 g/mol. The molecule has 0 amide bonds. The first kappa shape index (κ1) is 18.5. The zero-order valence-electron chi connectivity index (χ0n) is 15.9. The zero-order chi connectivity index (χ0) is 18.4. The predicted octanol–water partition coefficient (Wildman–Crippen LogP) is 3.03. The second-order valence-corrected chi connectivity index (χ2v) is 6.55. The van der Waals surface area contributed by atoms with E-state index in [0.29, 0.717) is 0 Å². The SMILES string of the molecule is COc1ccc(CN2CCN(Cc3cccc(OC)c3OC)CC2)cc1. The molecule has 0 aliphatic carbocycles. The molecule has 0 spiro atoms. The van der Waals surface area contributed by atoms with Crippen molar-refractivity contribution < 1.29 is 14.2 Å². The van der Waals surface area contributed by atoms with Gasteiger partial charge >= 0.3 is 0 Å². The standard InChI is InChI=1S/C21H28N2O3/c1-24-19-9-7-17(8-10-19)15-22-11-13-23(14-12-22)16-18-5-4-6-20(25-2)21(18)26-3/h4-10H,11-16H2,1-3H3. The van der Waals surface area contributed by atoms with Crippen molar-refractivity contribution in [3.8, 4) is 17.2 Å². The Hall–Kier alpha value is -2.24. The van der Waals surface area contributed by atoms with E-state index >= 15 is 0 Å². The molecule has 0 aromatic heterocycles. The van der Waals surface area contributed by atoms with E-state index in [0.717, 1.165) is 56.5 Å². The molecule has 0 radical (unpaired) electrons. The second-order valence-electron chi connectivity index (χ2n) is 6.55. The molecule has 5 nitrogen and oxygen atoms in total. The Morgan fingerprint density at radius 1 is 0.731 bits per heavy atom. The average Bonchev–Trinajstić information content (AvgIpc) is 2.69. The van der Waals surface area contributed by atoms with Gasteiger partial charge in [0.25, 0.3) is 0 Å². The molecule has 0 unspecified atom stereocenters. The molecular formula is C21H28N2O3. The smallest absolute Gasteiger partial charge is 0.165 e. The Labute approximate surface area is 156 Å². The van der Waals surface area contributed by atoms with Crippen molar-refractivity contribution in [2.75, 3.05) is 47.5 Å². The third kappa shape index (κ3) is 4.48. The molecule has 26 heavy (non-hydrogen) atoms. The molecule has 140 valence electrons. The molecule has 0 bridgehead atoms. The van der Waals surface area contributed by atoms with Crippen LogP contribution in [0.5, 0.6) is 17.2 Å². The zero-order valence-corrected chi connectivity index (χ0v) is 15.9. The summed E-state index contributed by atoms with van der Waals surface area (Å²) in [6, 6.07) is 14.4. The van der Waals surface area contributed by atoms with Crippen LogP contribution in [0, 0.1) is 0 Å². The van der Waals surface area contributed by atoms with Crippen LogP contribution < -0.4 is 14.2 Å². The van der Waals surface area contributed by atoms with Crippen LogP contribution in [-0.2, 0) is 13.1 Å². The fraction of sp³-hybridized carbons (Fsp3) is 0.429. The fourth-order valence-electron chi connectivity index (χ4n) is 3.41. The van der Waals surface area contributed by atoms with Gasteiger partial charge in [-0.2, -0.15) is 0 Å². The molecule has 2 aromatic rings. The molecule has 1 fully saturated rings. The second kappa shape index (κ2) is 8.92. The monoisotopic (exact) mass is 356 g/mol. The fourth-order valence-corrected chi connectivity index (χ4v) is 3.41. The minimum absolute atomic E-state index is 0.795. The van der Waals surface area contributed by atoms with Crippen molar-refractivity contribution in [1.82, 2.24) is 9.80 Å². The van der Waals surface area contributed by atoms with E-state index in [1.165, 1.54) is 11.1 Å². The third-order valence-electron chi connectivity index (χ3n) is 4.91. The van der Waals surface area contributed by atoms with Crippen LogP contribution in [0.3, 0.4) is 0 Å². The van der Waals surface area contributed by atoms with Crippen LogP contribution in [0.4, 0.5) is 0 Å². The highest BCUT2D eigenvalue weighted by Crippen LogP contribution is 2.31. The van der Waals surface area contributed by atoms with E-state index in [2.05, 4.69) is 28.0 Å². The first-order valence-electron chi connectivity index (χ1n) is 9.01. The summed E-state index contributed by atoms with van der Waals surface area (Å²) in [4.78, 5) is 4.98. The summed E-state index contributed by atoms with van der Waals surface area (Å²) in [5.41, 5.74) is 2.50. The number of ether oxygens (including phenoxy) is 3. The summed E-state index contributed by atoms with van der Waals surface area (Å²) < 4.78 is 16.2. The molecule has 2 aromatic carbocycles. The lowest BCUT2D eigenvalue weighted by Crippen LogP contribution is -2.45. The molecule has 1 aliphatic rings. The molecule has 5 heteroatoms. The number of piperazine rings is 1. The van der Waals surface area contributed by atoms with E-state index in [1.807, 2.05) is 24.3 Å². The van der Waals surface area contributed by atoms with Crippen molar-refractivity contribution in [2.24, 2.45) is 0 Å². The highest BCUT2D eigenvalue weighted by atomic mass is 16.5. The molecule has 1 aliphatic heterocycles. The topological polar surface area (TPSA) is 34.2 Å². The van der Waals surface area contributed by atoms with Gasteiger partial charge in [-0.25, -0.2) is 0 Å². The number of benzene rings is 2. The van der Waals surface area contributed by atoms with Gasteiger partial charge in [0.15, 0.2) is 11.5 Å². The van der Waals surface area contributed by atoms with E-state index in [4.69, 9.17) is 14.2 Å². The number of hydrogen-bond acceptors (Lipinski definition) is 5. The van der Waals surface area contributed by atoms with Gasteiger partial charge in [0.2, 0.25) is 0 Å². The van der Waals surface area contributed by atoms with E-state index < -0.39 is 0 Å². The van der Waals surface area contributed by atoms with E-state index in [9.17, 15) is 0 Å². The van der Waals surface area contributed by atoms with Crippen molar-refractivity contribution in [1.29, 1.82) is 0 Å².